The average Bonchev–Trinajstić information content (AvgIpc) is 2.38. The second kappa shape index (κ2) is 5.37. The number of ether oxygens (including phenoxy) is 1. The fourth-order valence-corrected chi connectivity index (χ4v) is 2.19. The van der Waals surface area contributed by atoms with Crippen molar-refractivity contribution in [2.75, 3.05) is 5.88 Å². The van der Waals surface area contributed by atoms with E-state index in [1.807, 2.05) is 30.3 Å². The van der Waals surface area contributed by atoms with E-state index in [2.05, 4.69) is 0 Å². The molecule has 1 aromatic rings. The van der Waals surface area contributed by atoms with Gasteiger partial charge >= 0.3 is 0 Å². The fourth-order valence-electron chi connectivity index (χ4n) is 2.00. The first-order valence-corrected chi connectivity index (χ1v) is 6.38. The Hall–Kier alpha value is -0.930. The summed E-state index contributed by atoms with van der Waals surface area (Å²) < 4.78 is 33.6. The van der Waals surface area contributed by atoms with Gasteiger partial charge < -0.3 is 4.74 Å². The first-order chi connectivity index (χ1) is 8.55. The van der Waals surface area contributed by atoms with Crippen LogP contribution in [0.25, 0.3) is 0 Å². The molecule has 0 aromatic heterocycles. The number of rotatable bonds is 4. The summed E-state index contributed by atoms with van der Waals surface area (Å²) in [5.41, 5.74) is -0.954. The molecule has 2 rings (SSSR count). The second-order valence-corrected chi connectivity index (χ2v) is 4.88. The van der Waals surface area contributed by atoms with Crippen LogP contribution in [0.5, 0.6) is 0 Å². The summed E-state index contributed by atoms with van der Waals surface area (Å²) in [4.78, 5) is 0. The van der Waals surface area contributed by atoms with Crippen molar-refractivity contribution in [1.29, 1.82) is 0 Å². The maximum absolute atomic E-state index is 14.4. The van der Waals surface area contributed by atoms with Crippen LogP contribution >= 0.6 is 11.6 Å². The summed E-state index contributed by atoms with van der Waals surface area (Å²) in [6.45, 7) is 0.129. The van der Waals surface area contributed by atoms with Crippen molar-refractivity contribution >= 4 is 11.6 Å². The van der Waals surface area contributed by atoms with E-state index in [-0.39, 0.29) is 25.3 Å². The number of benzene rings is 1. The van der Waals surface area contributed by atoms with E-state index in [4.69, 9.17) is 16.3 Å². The van der Waals surface area contributed by atoms with Crippen molar-refractivity contribution in [3.63, 3.8) is 0 Å². The maximum atomic E-state index is 14.4. The molecule has 1 aromatic carbocycles. The number of alkyl halides is 3. The third-order valence-corrected chi connectivity index (χ3v) is 3.40. The predicted molar refractivity (Wildman–Crippen MR) is 68.0 cm³/mol. The van der Waals surface area contributed by atoms with Gasteiger partial charge in [0.2, 0.25) is 5.85 Å². The Balaban J connectivity index is 1.99. The van der Waals surface area contributed by atoms with Gasteiger partial charge in [0.05, 0.1) is 12.5 Å². The highest BCUT2D eigenvalue weighted by molar-refractivity contribution is 6.18. The van der Waals surface area contributed by atoms with Gasteiger partial charge in [-0.25, -0.2) is 8.78 Å². The Morgan fingerprint density at radius 1 is 1.22 bits per heavy atom. The monoisotopic (exact) mass is 272 g/mol. The predicted octanol–water partition coefficient (Wildman–Crippen LogP) is 4.17. The number of allylic oxidation sites excluding steroid dienone is 1. The van der Waals surface area contributed by atoms with E-state index in [1.54, 1.807) is 0 Å². The van der Waals surface area contributed by atoms with Crippen molar-refractivity contribution < 1.29 is 13.5 Å². The molecular formula is C14H15ClF2O. The summed E-state index contributed by atoms with van der Waals surface area (Å²) in [5, 5.41) is 0. The highest BCUT2D eigenvalue weighted by Crippen LogP contribution is 2.38. The summed E-state index contributed by atoms with van der Waals surface area (Å²) in [6, 6.07) is 9.25. The Labute approximate surface area is 110 Å². The standard InChI is InChI=1S/C14H15ClF2O/c15-11-13(16)7-4-8-14(17,10-13)18-9-12-5-2-1-3-6-12/h1-7H,8-11H2. The average molecular weight is 273 g/mol. The van der Waals surface area contributed by atoms with Crippen molar-refractivity contribution in [2.24, 2.45) is 0 Å². The van der Waals surface area contributed by atoms with Crippen LogP contribution in [0.4, 0.5) is 8.78 Å². The quantitative estimate of drug-likeness (QED) is 0.591. The van der Waals surface area contributed by atoms with E-state index in [0.29, 0.717) is 0 Å². The molecule has 0 fully saturated rings. The molecule has 98 valence electrons. The lowest BCUT2D eigenvalue weighted by atomic mass is 9.90. The van der Waals surface area contributed by atoms with Crippen LogP contribution in [-0.2, 0) is 11.3 Å². The minimum Gasteiger partial charge on any atom is -0.341 e. The van der Waals surface area contributed by atoms with Crippen LogP contribution in [0.1, 0.15) is 18.4 Å². The molecular weight excluding hydrogens is 258 g/mol. The van der Waals surface area contributed by atoms with Gasteiger partial charge in [0.15, 0.2) is 0 Å². The molecule has 0 heterocycles. The van der Waals surface area contributed by atoms with E-state index in [9.17, 15) is 8.78 Å². The molecule has 0 saturated heterocycles. The molecule has 18 heavy (non-hydrogen) atoms. The fraction of sp³-hybridized carbons (Fsp3) is 0.429. The van der Waals surface area contributed by atoms with Crippen molar-refractivity contribution in [3.05, 3.63) is 48.0 Å². The van der Waals surface area contributed by atoms with Crippen LogP contribution < -0.4 is 0 Å². The van der Waals surface area contributed by atoms with Gasteiger partial charge in [-0.2, -0.15) is 0 Å². The summed E-state index contributed by atoms with van der Waals surface area (Å²) >= 11 is 5.52. The van der Waals surface area contributed by atoms with Crippen molar-refractivity contribution in [3.8, 4) is 0 Å². The van der Waals surface area contributed by atoms with Gasteiger partial charge in [0.25, 0.3) is 0 Å². The largest absolute Gasteiger partial charge is 0.341 e. The van der Waals surface area contributed by atoms with Crippen LogP contribution in [0.2, 0.25) is 0 Å². The van der Waals surface area contributed by atoms with E-state index < -0.39 is 11.5 Å². The molecule has 0 amide bonds. The third kappa shape index (κ3) is 3.30. The van der Waals surface area contributed by atoms with Crippen LogP contribution in [0.3, 0.4) is 0 Å². The zero-order chi connectivity index (χ0) is 13.1. The number of hydrogen-bond acceptors (Lipinski definition) is 1. The van der Waals surface area contributed by atoms with Crippen LogP contribution in [0.15, 0.2) is 42.5 Å². The molecule has 0 radical (unpaired) electrons. The molecule has 0 N–H and O–H groups in total. The SMILES string of the molecule is FC1(CCl)C=CCC(F)(OCc2ccccc2)C1. The number of hydrogen-bond donors (Lipinski definition) is 0. The molecule has 0 aliphatic heterocycles. The lowest BCUT2D eigenvalue weighted by Crippen LogP contribution is -2.40. The van der Waals surface area contributed by atoms with Crippen molar-refractivity contribution in [1.82, 2.24) is 0 Å². The Kier molecular flexibility index (Phi) is 4.03. The molecule has 0 bridgehead atoms. The smallest absolute Gasteiger partial charge is 0.216 e. The zero-order valence-electron chi connectivity index (χ0n) is 9.91. The van der Waals surface area contributed by atoms with Crippen LogP contribution in [-0.4, -0.2) is 17.4 Å². The molecule has 1 aliphatic carbocycles. The molecule has 4 heteroatoms. The van der Waals surface area contributed by atoms with Gasteiger partial charge in [0, 0.05) is 12.8 Å². The lowest BCUT2D eigenvalue weighted by molar-refractivity contribution is -0.174. The maximum Gasteiger partial charge on any atom is 0.216 e. The summed E-state index contributed by atoms with van der Waals surface area (Å²) in [6.07, 6.45) is 2.48. The van der Waals surface area contributed by atoms with E-state index in [1.165, 1.54) is 12.2 Å². The van der Waals surface area contributed by atoms with E-state index in [0.717, 1.165) is 5.56 Å². The minimum atomic E-state index is -1.98. The normalized spacial score (nSPS) is 31.5. The molecule has 2 atom stereocenters. The highest BCUT2D eigenvalue weighted by atomic mass is 35.5. The minimum absolute atomic E-state index is 0.0579. The first-order valence-electron chi connectivity index (χ1n) is 5.85. The lowest BCUT2D eigenvalue weighted by Gasteiger charge is -2.34. The molecule has 0 saturated carbocycles. The summed E-state index contributed by atoms with van der Waals surface area (Å²) in [5.74, 6) is -2.24. The third-order valence-electron chi connectivity index (χ3n) is 2.96. The topological polar surface area (TPSA) is 9.23 Å². The number of halogens is 3. The molecule has 1 nitrogen and oxygen atoms in total. The van der Waals surface area contributed by atoms with Crippen LogP contribution in [0, 0.1) is 0 Å². The van der Waals surface area contributed by atoms with E-state index >= 15 is 0 Å². The first kappa shape index (κ1) is 13.5. The highest BCUT2D eigenvalue weighted by Gasteiger charge is 2.43. The second-order valence-electron chi connectivity index (χ2n) is 4.61. The molecule has 2 unspecified atom stereocenters. The van der Waals surface area contributed by atoms with Gasteiger partial charge in [0.1, 0.15) is 5.67 Å². The van der Waals surface area contributed by atoms with Gasteiger partial charge in [-0.1, -0.05) is 36.4 Å². The van der Waals surface area contributed by atoms with Gasteiger partial charge in [-0.05, 0) is 11.6 Å². The molecule has 0 spiro atoms. The van der Waals surface area contributed by atoms with Gasteiger partial charge in [-0.3, -0.25) is 0 Å². The Morgan fingerprint density at radius 2 is 1.94 bits per heavy atom. The Bertz CT molecular complexity index is 423. The van der Waals surface area contributed by atoms with Gasteiger partial charge in [-0.15, -0.1) is 11.6 Å². The molecule has 1 aliphatic rings. The summed E-state index contributed by atoms with van der Waals surface area (Å²) in [7, 11) is 0. The Morgan fingerprint density at radius 3 is 2.61 bits per heavy atom. The van der Waals surface area contributed by atoms with Crippen molar-refractivity contribution in [2.45, 2.75) is 31.0 Å². The zero-order valence-corrected chi connectivity index (χ0v) is 10.7.